The molecule has 8 heteroatoms. The van der Waals surface area contributed by atoms with Gasteiger partial charge in [0.2, 0.25) is 5.95 Å². The molecule has 0 aliphatic carbocycles. The summed E-state index contributed by atoms with van der Waals surface area (Å²) in [6.45, 7) is 0. The summed E-state index contributed by atoms with van der Waals surface area (Å²) in [5.41, 5.74) is -5.01. The first kappa shape index (κ1) is 12.3. The number of hydrogen-bond donors (Lipinski definition) is 0. The number of hydrogen-bond acceptors (Lipinski definition) is 2. The SMILES string of the molecule is N#Cc1cnc(F)c(C(F)F)c1C(F)(F)F. The second-order valence-corrected chi connectivity index (χ2v) is 2.66. The van der Waals surface area contributed by atoms with Crippen molar-refractivity contribution in [3.63, 3.8) is 0 Å². The Balaban J connectivity index is 3.64. The van der Waals surface area contributed by atoms with Gasteiger partial charge in [-0.3, -0.25) is 0 Å². The van der Waals surface area contributed by atoms with Gasteiger partial charge in [0.05, 0.1) is 16.7 Å². The van der Waals surface area contributed by atoms with Crippen molar-refractivity contribution in [3.05, 3.63) is 28.8 Å². The third-order valence-corrected chi connectivity index (χ3v) is 1.69. The lowest BCUT2D eigenvalue weighted by molar-refractivity contribution is -0.140. The fourth-order valence-electron chi connectivity index (χ4n) is 1.09. The van der Waals surface area contributed by atoms with Crippen LogP contribution in [0, 0.1) is 17.3 Å². The second-order valence-electron chi connectivity index (χ2n) is 2.66. The molecule has 1 rings (SSSR count). The van der Waals surface area contributed by atoms with Crippen molar-refractivity contribution < 1.29 is 26.3 Å². The van der Waals surface area contributed by atoms with Gasteiger partial charge in [-0.25, -0.2) is 13.8 Å². The Labute approximate surface area is 85.1 Å². The number of nitriles is 1. The highest BCUT2D eigenvalue weighted by Crippen LogP contribution is 2.38. The molecule has 0 radical (unpaired) electrons. The molecule has 0 N–H and O–H groups in total. The van der Waals surface area contributed by atoms with Crippen LogP contribution in [0.25, 0.3) is 0 Å². The zero-order valence-electron chi connectivity index (χ0n) is 7.32. The van der Waals surface area contributed by atoms with Gasteiger partial charge < -0.3 is 0 Å². The van der Waals surface area contributed by atoms with Crippen LogP contribution in [0.15, 0.2) is 6.20 Å². The molecule has 0 unspecified atom stereocenters. The van der Waals surface area contributed by atoms with Gasteiger partial charge >= 0.3 is 6.18 Å². The van der Waals surface area contributed by atoms with Gasteiger partial charge in [0.15, 0.2) is 0 Å². The maximum Gasteiger partial charge on any atom is 0.418 e. The van der Waals surface area contributed by atoms with Gasteiger partial charge in [-0.05, 0) is 0 Å². The summed E-state index contributed by atoms with van der Waals surface area (Å²) >= 11 is 0. The van der Waals surface area contributed by atoms with Gasteiger partial charge in [-0.15, -0.1) is 0 Å². The first-order valence-corrected chi connectivity index (χ1v) is 3.73. The Morgan fingerprint density at radius 1 is 1.31 bits per heavy atom. The predicted molar refractivity (Wildman–Crippen MR) is 38.9 cm³/mol. The van der Waals surface area contributed by atoms with Crippen LogP contribution >= 0.6 is 0 Å². The van der Waals surface area contributed by atoms with Crippen LogP contribution in [0.4, 0.5) is 26.3 Å². The molecule has 0 saturated heterocycles. The van der Waals surface area contributed by atoms with Crippen LogP contribution in [0.1, 0.15) is 23.1 Å². The van der Waals surface area contributed by atoms with Crippen molar-refractivity contribution in [1.29, 1.82) is 5.26 Å². The van der Waals surface area contributed by atoms with Gasteiger partial charge in [0, 0.05) is 6.20 Å². The Hall–Kier alpha value is -1.78. The fraction of sp³-hybridized carbons (Fsp3) is 0.250. The molecule has 0 aromatic carbocycles. The number of alkyl halides is 5. The molecule has 0 amide bonds. The Kier molecular flexibility index (Phi) is 3.07. The maximum atomic E-state index is 12.7. The van der Waals surface area contributed by atoms with Crippen LogP contribution < -0.4 is 0 Å². The molecule has 0 aliphatic heterocycles. The molecule has 1 heterocycles. The molecule has 1 aromatic rings. The first-order valence-electron chi connectivity index (χ1n) is 3.73. The standard InChI is InChI=1S/C8H2F6N2/c9-6(10)4-5(8(12,13)14)3(1-15)2-16-7(4)11/h2,6H. The van der Waals surface area contributed by atoms with Crippen LogP contribution in [0.2, 0.25) is 0 Å². The molecule has 0 saturated carbocycles. The van der Waals surface area contributed by atoms with E-state index in [1.807, 2.05) is 0 Å². The molecule has 0 atom stereocenters. The zero-order valence-corrected chi connectivity index (χ0v) is 7.32. The van der Waals surface area contributed by atoms with Crippen LogP contribution in [0.3, 0.4) is 0 Å². The van der Waals surface area contributed by atoms with E-state index < -0.39 is 35.2 Å². The smallest absolute Gasteiger partial charge is 0.226 e. The van der Waals surface area contributed by atoms with Crippen molar-refractivity contribution in [2.75, 3.05) is 0 Å². The Bertz CT molecular complexity index is 445. The quantitative estimate of drug-likeness (QED) is 0.558. The largest absolute Gasteiger partial charge is 0.418 e. The van der Waals surface area contributed by atoms with E-state index in [4.69, 9.17) is 5.26 Å². The topological polar surface area (TPSA) is 36.7 Å². The molecule has 0 fully saturated rings. The number of nitrogens with zero attached hydrogens (tertiary/aromatic N) is 2. The predicted octanol–water partition coefficient (Wildman–Crippen LogP) is 3.05. The Morgan fingerprint density at radius 2 is 1.88 bits per heavy atom. The van der Waals surface area contributed by atoms with Crippen molar-refractivity contribution >= 4 is 0 Å². The van der Waals surface area contributed by atoms with Crippen molar-refractivity contribution in [1.82, 2.24) is 4.98 Å². The summed E-state index contributed by atoms with van der Waals surface area (Å²) in [5, 5.41) is 8.32. The highest BCUT2D eigenvalue weighted by Gasteiger charge is 2.40. The second kappa shape index (κ2) is 4.00. The van der Waals surface area contributed by atoms with E-state index in [0.717, 1.165) is 6.07 Å². The van der Waals surface area contributed by atoms with Crippen LogP contribution in [-0.4, -0.2) is 4.98 Å². The summed E-state index contributed by atoms with van der Waals surface area (Å²) in [6, 6.07) is 1.04. The monoisotopic (exact) mass is 240 g/mol. The van der Waals surface area contributed by atoms with Crippen LogP contribution in [0.5, 0.6) is 0 Å². The number of pyridine rings is 1. The summed E-state index contributed by atoms with van der Waals surface area (Å²) in [6.07, 6.45) is -8.66. The van der Waals surface area contributed by atoms with Gasteiger partial charge in [0.25, 0.3) is 6.43 Å². The summed E-state index contributed by atoms with van der Waals surface area (Å²) < 4.78 is 74.3. The van der Waals surface area contributed by atoms with Gasteiger partial charge in [-0.1, -0.05) is 0 Å². The van der Waals surface area contributed by atoms with Crippen molar-refractivity contribution in [2.24, 2.45) is 0 Å². The normalized spacial score (nSPS) is 11.6. The zero-order chi connectivity index (χ0) is 12.5. The minimum Gasteiger partial charge on any atom is -0.226 e. The van der Waals surface area contributed by atoms with E-state index in [0.29, 0.717) is 0 Å². The molecule has 16 heavy (non-hydrogen) atoms. The summed E-state index contributed by atoms with van der Waals surface area (Å²) in [7, 11) is 0. The molecular weight excluding hydrogens is 238 g/mol. The molecule has 86 valence electrons. The number of aromatic nitrogens is 1. The van der Waals surface area contributed by atoms with E-state index >= 15 is 0 Å². The van der Waals surface area contributed by atoms with Crippen LogP contribution in [-0.2, 0) is 6.18 Å². The average molecular weight is 240 g/mol. The van der Waals surface area contributed by atoms with E-state index in [1.54, 1.807) is 0 Å². The van der Waals surface area contributed by atoms with Gasteiger partial charge in [0.1, 0.15) is 6.07 Å². The molecular formula is C8H2F6N2. The van der Waals surface area contributed by atoms with E-state index in [9.17, 15) is 26.3 Å². The lowest BCUT2D eigenvalue weighted by atomic mass is 10.0. The average Bonchev–Trinajstić information content (AvgIpc) is 2.15. The third kappa shape index (κ3) is 2.08. The third-order valence-electron chi connectivity index (χ3n) is 1.69. The molecule has 0 bridgehead atoms. The molecule has 2 nitrogen and oxygen atoms in total. The fourth-order valence-corrected chi connectivity index (χ4v) is 1.09. The molecule has 0 spiro atoms. The maximum absolute atomic E-state index is 12.7. The van der Waals surface area contributed by atoms with Crippen molar-refractivity contribution in [3.8, 4) is 6.07 Å². The van der Waals surface area contributed by atoms with Gasteiger partial charge in [-0.2, -0.15) is 22.8 Å². The highest BCUT2D eigenvalue weighted by molar-refractivity contribution is 5.43. The lowest BCUT2D eigenvalue weighted by Crippen LogP contribution is -2.15. The Morgan fingerprint density at radius 3 is 2.25 bits per heavy atom. The minimum absolute atomic E-state index is 0.268. The van der Waals surface area contributed by atoms with E-state index in [-0.39, 0.29) is 6.20 Å². The lowest BCUT2D eigenvalue weighted by Gasteiger charge is -2.13. The first-order chi connectivity index (χ1) is 7.29. The molecule has 1 aromatic heterocycles. The number of rotatable bonds is 1. The number of halogens is 6. The van der Waals surface area contributed by atoms with E-state index in [1.165, 1.54) is 0 Å². The highest BCUT2D eigenvalue weighted by atomic mass is 19.4. The summed E-state index contributed by atoms with van der Waals surface area (Å²) in [4.78, 5) is 2.68. The van der Waals surface area contributed by atoms with E-state index in [2.05, 4.69) is 4.98 Å². The minimum atomic E-state index is -5.24. The summed E-state index contributed by atoms with van der Waals surface area (Å²) in [5.74, 6) is -1.93. The molecule has 0 aliphatic rings. The van der Waals surface area contributed by atoms with Crippen molar-refractivity contribution in [2.45, 2.75) is 12.6 Å².